The molecule has 0 aliphatic carbocycles. The first-order valence-electron chi connectivity index (χ1n) is 5.51. The zero-order valence-corrected chi connectivity index (χ0v) is 10.6. The Hall–Kier alpha value is -2.07. The molecule has 90 valence electrons. The molecule has 0 atom stereocenters. The maximum atomic E-state index is 11.5. The number of nitrogens with zero attached hydrogens (tertiary/aromatic N) is 1. The van der Waals surface area contributed by atoms with Crippen LogP contribution in [0.4, 0.5) is 0 Å². The van der Waals surface area contributed by atoms with Crippen molar-refractivity contribution < 1.29 is 9.53 Å². The van der Waals surface area contributed by atoms with Crippen molar-refractivity contribution in [3.05, 3.63) is 52.9 Å². The van der Waals surface area contributed by atoms with Gasteiger partial charge in [0.05, 0.1) is 18.4 Å². The molecule has 4 heteroatoms. The molecule has 3 aromatic heterocycles. The Kier molecular flexibility index (Phi) is 2.64. The number of fused-ring (bicyclic) bond motifs is 1. The molecule has 0 unspecified atom stereocenters. The number of hydrogen-bond donors (Lipinski definition) is 0. The topological polar surface area (TPSA) is 30.7 Å². The molecule has 3 heterocycles. The van der Waals surface area contributed by atoms with Gasteiger partial charge in [0.25, 0.3) is 0 Å². The molecule has 0 aliphatic rings. The maximum absolute atomic E-state index is 11.5. The second-order valence-corrected chi connectivity index (χ2v) is 4.72. The Morgan fingerprint density at radius 1 is 1.33 bits per heavy atom. The average Bonchev–Trinajstić information content (AvgIpc) is 3.05. The van der Waals surface area contributed by atoms with E-state index in [2.05, 4.69) is 11.4 Å². The Bertz CT molecular complexity index is 698. The molecule has 18 heavy (non-hydrogen) atoms. The van der Waals surface area contributed by atoms with Gasteiger partial charge < -0.3 is 9.14 Å². The highest BCUT2D eigenvalue weighted by Gasteiger charge is 2.11. The molecule has 0 spiro atoms. The summed E-state index contributed by atoms with van der Waals surface area (Å²) in [6.45, 7) is 0. The van der Waals surface area contributed by atoms with Crippen molar-refractivity contribution in [3.63, 3.8) is 0 Å². The summed E-state index contributed by atoms with van der Waals surface area (Å²) in [5, 5.41) is 4.13. The Morgan fingerprint density at radius 3 is 2.94 bits per heavy atom. The average molecular weight is 257 g/mol. The van der Waals surface area contributed by atoms with Crippen LogP contribution in [0.3, 0.4) is 0 Å². The summed E-state index contributed by atoms with van der Waals surface area (Å²) in [4.78, 5) is 11.5. The third-order valence-corrected chi connectivity index (χ3v) is 3.55. The summed E-state index contributed by atoms with van der Waals surface area (Å²) in [5.74, 6) is -0.310. The van der Waals surface area contributed by atoms with Gasteiger partial charge >= 0.3 is 5.97 Å². The molecule has 0 fully saturated rings. The molecule has 3 aromatic rings. The molecule has 0 saturated carbocycles. The van der Waals surface area contributed by atoms with Gasteiger partial charge in [0.15, 0.2) is 0 Å². The summed E-state index contributed by atoms with van der Waals surface area (Å²) >= 11 is 1.66. The van der Waals surface area contributed by atoms with Crippen LogP contribution in [0.1, 0.15) is 10.4 Å². The van der Waals surface area contributed by atoms with Crippen LogP contribution in [0.5, 0.6) is 0 Å². The van der Waals surface area contributed by atoms with E-state index in [0.717, 1.165) is 16.8 Å². The minimum atomic E-state index is -0.310. The van der Waals surface area contributed by atoms with Gasteiger partial charge in [-0.15, -0.1) is 0 Å². The Labute approximate surface area is 108 Å². The molecule has 0 amide bonds. The summed E-state index contributed by atoms with van der Waals surface area (Å²) in [6, 6.07) is 9.90. The highest BCUT2D eigenvalue weighted by Crippen LogP contribution is 2.24. The number of carbonyl (C=O) groups is 1. The third-order valence-electron chi connectivity index (χ3n) is 2.87. The smallest absolute Gasteiger partial charge is 0.339 e. The monoisotopic (exact) mass is 257 g/mol. The first-order chi connectivity index (χ1) is 8.79. The van der Waals surface area contributed by atoms with E-state index in [4.69, 9.17) is 4.74 Å². The predicted octanol–water partition coefficient (Wildman–Crippen LogP) is 3.45. The predicted molar refractivity (Wildman–Crippen MR) is 72.0 cm³/mol. The van der Waals surface area contributed by atoms with E-state index in [1.807, 2.05) is 40.2 Å². The van der Waals surface area contributed by atoms with E-state index in [1.54, 1.807) is 11.3 Å². The number of ether oxygens (including phenoxy) is 1. The van der Waals surface area contributed by atoms with Gasteiger partial charge in [-0.05, 0) is 29.6 Å². The molecule has 0 saturated heterocycles. The standard InChI is InChI=1S/C14H11NO2S/c1-17-14(16)11-7-12-3-2-4-13(15(12)8-11)10-5-6-18-9-10/h2-9H,1H3. The molecule has 0 N–H and O–H groups in total. The molecular formula is C14H11NO2S. The largest absolute Gasteiger partial charge is 0.465 e. The first kappa shape index (κ1) is 11.0. The second kappa shape index (κ2) is 4.31. The fourth-order valence-electron chi connectivity index (χ4n) is 2.01. The van der Waals surface area contributed by atoms with E-state index < -0.39 is 0 Å². The molecule has 3 rings (SSSR count). The Balaban J connectivity index is 2.22. The fourth-order valence-corrected chi connectivity index (χ4v) is 2.66. The number of aromatic nitrogens is 1. The van der Waals surface area contributed by atoms with Crippen molar-refractivity contribution in [2.24, 2.45) is 0 Å². The van der Waals surface area contributed by atoms with Crippen LogP contribution >= 0.6 is 11.3 Å². The maximum Gasteiger partial charge on any atom is 0.339 e. The van der Waals surface area contributed by atoms with Crippen LogP contribution in [-0.2, 0) is 4.74 Å². The van der Waals surface area contributed by atoms with E-state index >= 15 is 0 Å². The van der Waals surface area contributed by atoms with Crippen molar-refractivity contribution in [1.29, 1.82) is 0 Å². The lowest BCUT2D eigenvalue weighted by Gasteiger charge is -2.03. The lowest BCUT2D eigenvalue weighted by Crippen LogP contribution is -1.98. The molecule has 0 aromatic carbocycles. The van der Waals surface area contributed by atoms with E-state index in [0.29, 0.717) is 5.56 Å². The van der Waals surface area contributed by atoms with Crippen molar-refractivity contribution in [3.8, 4) is 11.3 Å². The van der Waals surface area contributed by atoms with E-state index in [1.165, 1.54) is 7.11 Å². The summed E-state index contributed by atoms with van der Waals surface area (Å²) in [5.41, 5.74) is 3.78. The zero-order chi connectivity index (χ0) is 12.5. The van der Waals surface area contributed by atoms with Gasteiger partial charge in [0.1, 0.15) is 0 Å². The molecular weight excluding hydrogens is 246 g/mol. The second-order valence-electron chi connectivity index (χ2n) is 3.94. The summed E-state index contributed by atoms with van der Waals surface area (Å²) < 4.78 is 6.75. The number of esters is 1. The number of thiophene rings is 1. The van der Waals surface area contributed by atoms with Gasteiger partial charge in [-0.1, -0.05) is 6.07 Å². The number of carbonyl (C=O) groups excluding carboxylic acids is 1. The quantitative estimate of drug-likeness (QED) is 0.658. The van der Waals surface area contributed by atoms with Gasteiger partial charge in [-0.25, -0.2) is 4.79 Å². The van der Waals surface area contributed by atoms with Crippen molar-refractivity contribution in [1.82, 2.24) is 4.40 Å². The molecule has 0 radical (unpaired) electrons. The van der Waals surface area contributed by atoms with Crippen molar-refractivity contribution >= 4 is 22.8 Å². The van der Waals surface area contributed by atoms with Crippen LogP contribution in [0.2, 0.25) is 0 Å². The number of rotatable bonds is 2. The van der Waals surface area contributed by atoms with Crippen LogP contribution < -0.4 is 0 Å². The van der Waals surface area contributed by atoms with Crippen LogP contribution in [0, 0.1) is 0 Å². The summed E-state index contributed by atoms with van der Waals surface area (Å²) in [7, 11) is 1.39. The van der Waals surface area contributed by atoms with Gasteiger partial charge in [0, 0.05) is 22.7 Å². The number of pyridine rings is 1. The highest BCUT2D eigenvalue weighted by atomic mass is 32.1. The lowest BCUT2D eigenvalue weighted by molar-refractivity contribution is 0.0601. The number of methoxy groups -OCH3 is 1. The van der Waals surface area contributed by atoms with Gasteiger partial charge in [-0.2, -0.15) is 11.3 Å². The number of hydrogen-bond acceptors (Lipinski definition) is 3. The normalized spacial score (nSPS) is 10.7. The van der Waals surface area contributed by atoms with Crippen LogP contribution in [-0.4, -0.2) is 17.5 Å². The van der Waals surface area contributed by atoms with Gasteiger partial charge in [0.2, 0.25) is 0 Å². The highest BCUT2D eigenvalue weighted by molar-refractivity contribution is 7.08. The van der Waals surface area contributed by atoms with E-state index in [-0.39, 0.29) is 5.97 Å². The minimum absolute atomic E-state index is 0.310. The van der Waals surface area contributed by atoms with Crippen LogP contribution in [0.15, 0.2) is 47.3 Å². The summed E-state index contributed by atoms with van der Waals surface area (Å²) in [6.07, 6.45) is 1.81. The molecule has 0 bridgehead atoms. The molecule has 0 aliphatic heterocycles. The van der Waals surface area contributed by atoms with Crippen molar-refractivity contribution in [2.75, 3.05) is 7.11 Å². The first-order valence-corrected chi connectivity index (χ1v) is 6.46. The fraction of sp³-hybridized carbons (Fsp3) is 0.0714. The van der Waals surface area contributed by atoms with Gasteiger partial charge in [-0.3, -0.25) is 0 Å². The zero-order valence-electron chi connectivity index (χ0n) is 9.79. The van der Waals surface area contributed by atoms with Crippen molar-refractivity contribution in [2.45, 2.75) is 0 Å². The lowest BCUT2D eigenvalue weighted by atomic mass is 10.2. The third kappa shape index (κ3) is 1.71. The molecule has 3 nitrogen and oxygen atoms in total. The Morgan fingerprint density at radius 2 is 2.22 bits per heavy atom. The minimum Gasteiger partial charge on any atom is -0.465 e. The van der Waals surface area contributed by atoms with Crippen LogP contribution in [0.25, 0.3) is 16.8 Å². The SMILES string of the molecule is COC(=O)c1cc2cccc(-c3ccsc3)n2c1. The van der Waals surface area contributed by atoms with E-state index in [9.17, 15) is 4.79 Å².